The lowest BCUT2D eigenvalue weighted by Gasteiger charge is -2.48. The van der Waals surface area contributed by atoms with Gasteiger partial charge in [0.05, 0.1) is 12.8 Å². The minimum atomic E-state index is -4.04. The number of methoxy groups -OCH3 is 1. The molecule has 2 aromatic carbocycles. The zero-order valence-corrected chi connectivity index (χ0v) is 30.4. The number of aromatic nitrogens is 1. The number of amides is 4. The second kappa shape index (κ2) is 11.8. The van der Waals surface area contributed by atoms with Gasteiger partial charge in [-0.1, -0.05) is 25.3 Å². The predicted octanol–water partition coefficient (Wildman–Crippen LogP) is 4.44. The number of rotatable bonds is 6. The summed E-state index contributed by atoms with van der Waals surface area (Å²) in [5.41, 5.74) is 5.46. The smallest absolute Gasteiger partial charge is 0.303 e. The zero-order chi connectivity index (χ0) is 36.1. The fraction of sp³-hybridized carbons (Fsp3) is 0.474. The van der Waals surface area contributed by atoms with Crippen LogP contribution in [0.1, 0.15) is 85.7 Å². The van der Waals surface area contributed by atoms with Crippen molar-refractivity contribution in [2.75, 3.05) is 28.3 Å². The van der Waals surface area contributed by atoms with Gasteiger partial charge in [-0.05, 0) is 97.6 Å². The van der Waals surface area contributed by atoms with E-state index in [9.17, 15) is 22.8 Å². The number of hydrogen-bond donors (Lipinski definition) is 1. The number of likely N-dealkylation sites (tertiary alicyclic amines) is 1. The molecule has 268 valence electrons. The Kier molecular flexibility index (Phi) is 7.77. The summed E-state index contributed by atoms with van der Waals surface area (Å²) in [6.07, 6.45) is 7.02. The van der Waals surface area contributed by atoms with Gasteiger partial charge in [0.15, 0.2) is 0 Å². The minimum absolute atomic E-state index is 0.175. The van der Waals surface area contributed by atoms with Crippen molar-refractivity contribution in [2.24, 2.45) is 5.41 Å². The molecule has 3 atom stereocenters. The lowest BCUT2D eigenvalue weighted by molar-refractivity contribution is -0.170. The summed E-state index contributed by atoms with van der Waals surface area (Å²) in [4.78, 5) is 58.4. The Morgan fingerprint density at radius 1 is 0.922 bits per heavy atom. The van der Waals surface area contributed by atoms with Crippen molar-refractivity contribution in [1.29, 1.82) is 0 Å². The topological polar surface area (TPSA) is 138 Å². The van der Waals surface area contributed by atoms with E-state index < -0.39 is 33.6 Å². The van der Waals surface area contributed by atoms with Gasteiger partial charge in [0.25, 0.3) is 17.7 Å². The molecule has 2 bridgehead atoms. The van der Waals surface area contributed by atoms with Crippen LogP contribution >= 0.6 is 0 Å². The maximum absolute atomic E-state index is 15.3. The molecule has 12 nitrogen and oxygen atoms in total. The molecule has 51 heavy (non-hydrogen) atoms. The molecule has 13 heteroatoms. The normalized spacial score (nSPS) is 24.7. The van der Waals surface area contributed by atoms with Crippen LogP contribution in [0.25, 0.3) is 27.7 Å². The maximum atomic E-state index is 15.3. The molecule has 1 saturated carbocycles. The van der Waals surface area contributed by atoms with E-state index in [2.05, 4.69) is 9.29 Å². The van der Waals surface area contributed by atoms with Gasteiger partial charge in [-0.3, -0.25) is 24.1 Å². The molecule has 0 spiro atoms. The highest BCUT2D eigenvalue weighted by molar-refractivity contribution is 7.87. The van der Waals surface area contributed by atoms with Gasteiger partial charge in [-0.2, -0.15) is 12.7 Å². The molecule has 4 amide bonds. The quantitative estimate of drug-likeness (QED) is 0.373. The molecule has 3 aromatic rings. The van der Waals surface area contributed by atoms with Gasteiger partial charge in [0, 0.05) is 49.7 Å². The number of piperazine rings is 1. The second-order valence-electron chi connectivity index (χ2n) is 14.9. The molecule has 0 radical (unpaired) electrons. The lowest BCUT2D eigenvalue weighted by Crippen LogP contribution is -2.68. The molecule has 8 rings (SSSR count). The minimum Gasteiger partial charge on any atom is -0.497 e. The highest BCUT2D eigenvalue weighted by Gasteiger charge is 2.64. The van der Waals surface area contributed by atoms with Crippen LogP contribution in [0.2, 0.25) is 0 Å². The van der Waals surface area contributed by atoms with E-state index in [1.807, 2.05) is 31.2 Å². The number of carbonyl (C=O) groups excluding carboxylic acids is 4. The molecule has 3 fully saturated rings. The van der Waals surface area contributed by atoms with Gasteiger partial charge >= 0.3 is 10.2 Å². The van der Waals surface area contributed by atoms with Gasteiger partial charge < -0.3 is 14.2 Å². The van der Waals surface area contributed by atoms with Gasteiger partial charge in [0.1, 0.15) is 23.2 Å². The van der Waals surface area contributed by atoms with Crippen LogP contribution in [0.15, 0.2) is 42.0 Å². The van der Waals surface area contributed by atoms with Crippen molar-refractivity contribution in [3.63, 3.8) is 0 Å². The fourth-order valence-corrected chi connectivity index (χ4v) is 9.85. The Morgan fingerprint density at radius 2 is 1.61 bits per heavy atom. The number of hydrogen-bond acceptors (Lipinski definition) is 7. The van der Waals surface area contributed by atoms with Crippen LogP contribution in [-0.4, -0.2) is 91.1 Å². The Morgan fingerprint density at radius 3 is 2.25 bits per heavy atom. The van der Waals surface area contributed by atoms with E-state index in [1.165, 1.54) is 26.0 Å². The number of nitrogens with one attached hydrogen (secondary N) is 1. The van der Waals surface area contributed by atoms with Crippen molar-refractivity contribution in [3.05, 3.63) is 58.7 Å². The number of benzene rings is 2. The largest absolute Gasteiger partial charge is 0.497 e. The number of piperidine rings is 1. The van der Waals surface area contributed by atoms with Crippen molar-refractivity contribution >= 4 is 50.3 Å². The number of nitrogens with zero attached hydrogens (tertiary/aromatic N) is 4. The van der Waals surface area contributed by atoms with E-state index in [1.54, 1.807) is 24.1 Å². The van der Waals surface area contributed by atoms with Gasteiger partial charge in [-0.15, -0.1) is 0 Å². The molecule has 3 aliphatic heterocycles. The van der Waals surface area contributed by atoms with Crippen LogP contribution in [-0.2, 0) is 31.1 Å². The number of carbonyl (C=O) groups is 4. The van der Waals surface area contributed by atoms with Crippen LogP contribution in [0, 0.1) is 5.41 Å². The van der Waals surface area contributed by atoms with Crippen LogP contribution < -0.4 is 9.46 Å². The molecule has 4 heterocycles. The zero-order valence-electron chi connectivity index (χ0n) is 29.6. The standard InChI is InChI=1S/C38H43N5O7S/c1-21-32-27-19-24(50-5)15-17-25(27)33-31(22-10-7-6-8-11-22)26-16-14-23(34(44)39-51(48,49)40(2)3)18-30(26)42(33)20-38(21,32)37(47)43-28-12-9-13-29(43)36(46)41(4)35(28)45/h14-19,22,28-29H,6-13,20H2,1-5H3,(H,39,44)/t28?,29?,38-/m1/s1. The van der Waals surface area contributed by atoms with Gasteiger partial charge in [-0.25, -0.2) is 4.72 Å². The first-order valence-electron chi connectivity index (χ1n) is 17.8. The Hall–Kier alpha value is -4.49. The molecule has 1 aromatic heterocycles. The lowest BCUT2D eigenvalue weighted by atomic mass is 9.81. The van der Waals surface area contributed by atoms with Crippen LogP contribution in [0.4, 0.5) is 0 Å². The third-order valence-corrected chi connectivity index (χ3v) is 13.5. The summed E-state index contributed by atoms with van der Waals surface area (Å²) < 4.78 is 36.2. The summed E-state index contributed by atoms with van der Waals surface area (Å²) in [5, 5.41) is 0.955. The average Bonchev–Trinajstić information content (AvgIpc) is 3.64. The third-order valence-electron chi connectivity index (χ3n) is 12.1. The molecule has 2 saturated heterocycles. The Labute approximate surface area is 297 Å². The highest BCUT2D eigenvalue weighted by atomic mass is 32.2. The van der Waals surface area contributed by atoms with E-state index in [4.69, 9.17) is 4.74 Å². The number of likely N-dealkylation sites (N-methyl/N-ethyl adjacent to an activating group) is 1. The molecular formula is C38H43N5O7S. The van der Waals surface area contributed by atoms with E-state index in [0.29, 0.717) is 25.0 Å². The first-order valence-corrected chi connectivity index (χ1v) is 19.2. The predicted molar refractivity (Wildman–Crippen MR) is 191 cm³/mol. The highest BCUT2D eigenvalue weighted by Crippen LogP contribution is 2.65. The van der Waals surface area contributed by atoms with Crippen molar-refractivity contribution in [3.8, 4) is 17.0 Å². The molecule has 2 aliphatic carbocycles. The van der Waals surface area contributed by atoms with Crippen molar-refractivity contribution in [2.45, 2.75) is 82.8 Å². The second-order valence-corrected chi connectivity index (χ2v) is 16.7. The van der Waals surface area contributed by atoms with Crippen LogP contribution in [0.3, 0.4) is 0 Å². The van der Waals surface area contributed by atoms with Crippen molar-refractivity contribution < 1.29 is 32.3 Å². The van der Waals surface area contributed by atoms with E-state index in [-0.39, 0.29) is 35.7 Å². The SMILES string of the molecule is COc1ccc2c(c1)C1=C(C)[C@]1(C(=O)N1C3CCCC1C(=O)N(C)C3=O)Cn1c-2c(C2CCCCC2)c2ccc(C(=O)NS(=O)(=O)N(C)C)cc21. The first kappa shape index (κ1) is 33.6. The van der Waals surface area contributed by atoms with Crippen molar-refractivity contribution in [1.82, 2.24) is 23.4 Å². The molecular weight excluding hydrogens is 671 g/mol. The number of ether oxygens (including phenoxy) is 1. The molecule has 1 N–H and O–H groups in total. The Bertz CT molecular complexity index is 2170. The van der Waals surface area contributed by atoms with E-state index >= 15 is 4.79 Å². The summed E-state index contributed by atoms with van der Waals surface area (Å²) in [6, 6.07) is 9.81. The molecule has 2 unspecified atom stereocenters. The van der Waals surface area contributed by atoms with Gasteiger partial charge in [0.2, 0.25) is 5.91 Å². The third kappa shape index (κ3) is 4.83. The van der Waals surface area contributed by atoms with Crippen LogP contribution in [0.5, 0.6) is 5.75 Å². The Balaban J connectivity index is 1.36. The summed E-state index contributed by atoms with van der Waals surface area (Å²) in [7, 11) is 1.77. The maximum Gasteiger partial charge on any atom is 0.303 e. The summed E-state index contributed by atoms with van der Waals surface area (Å²) in [5.74, 6) is -0.835. The molecule has 5 aliphatic rings. The summed E-state index contributed by atoms with van der Waals surface area (Å²) in [6.45, 7) is 2.16. The number of imide groups is 1. The monoisotopic (exact) mass is 713 g/mol. The average molecular weight is 714 g/mol. The number of fused-ring (bicyclic) bond motifs is 9. The van der Waals surface area contributed by atoms with E-state index in [0.717, 1.165) is 80.8 Å². The first-order chi connectivity index (χ1) is 24.3. The fourth-order valence-electron chi connectivity index (χ4n) is 9.31. The summed E-state index contributed by atoms with van der Waals surface area (Å²) >= 11 is 0.